The lowest BCUT2D eigenvalue weighted by Crippen LogP contribution is -2.37. The summed E-state index contributed by atoms with van der Waals surface area (Å²) in [4.78, 5) is 0. The third-order valence-corrected chi connectivity index (χ3v) is 3.77. The molecule has 0 unspecified atom stereocenters. The molecule has 4 nitrogen and oxygen atoms in total. The Kier molecular flexibility index (Phi) is 5.26. The zero-order chi connectivity index (χ0) is 14.4. The molecule has 0 radical (unpaired) electrons. The lowest BCUT2D eigenvalue weighted by molar-refractivity contribution is -0.0339. The molecule has 1 aromatic carbocycles. The minimum absolute atomic E-state index is 0.0206. The van der Waals surface area contributed by atoms with Gasteiger partial charge in [-0.1, -0.05) is 25.3 Å². The summed E-state index contributed by atoms with van der Waals surface area (Å²) in [5.74, 6) is 1.47. The van der Waals surface area contributed by atoms with Gasteiger partial charge in [-0.15, -0.1) is 0 Å². The Morgan fingerprint density at radius 3 is 2.65 bits per heavy atom. The van der Waals surface area contributed by atoms with Crippen LogP contribution in [0.1, 0.15) is 39.0 Å². The molecule has 1 aromatic rings. The van der Waals surface area contributed by atoms with Crippen molar-refractivity contribution in [2.75, 3.05) is 13.2 Å². The number of benzene rings is 1. The van der Waals surface area contributed by atoms with Gasteiger partial charge in [-0.3, -0.25) is 0 Å². The Hall–Kier alpha value is -1.26. The van der Waals surface area contributed by atoms with E-state index in [2.05, 4.69) is 0 Å². The van der Waals surface area contributed by atoms with Crippen LogP contribution in [-0.2, 0) is 0 Å². The fourth-order valence-corrected chi connectivity index (χ4v) is 2.49. The van der Waals surface area contributed by atoms with Crippen molar-refractivity contribution in [3.63, 3.8) is 0 Å². The molecule has 0 aromatic heterocycles. The summed E-state index contributed by atoms with van der Waals surface area (Å²) >= 11 is 0. The van der Waals surface area contributed by atoms with E-state index in [0.29, 0.717) is 13.2 Å². The van der Waals surface area contributed by atoms with Crippen molar-refractivity contribution in [1.82, 2.24) is 0 Å². The highest BCUT2D eigenvalue weighted by Gasteiger charge is 2.29. The number of aliphatic hydroxyl groups is 1. The molecule has 1 atom stereocenters. The van der Waals surface area contributed by atoms with E-state index in [1.807, 2.05) is 31.2 Å². The summed E-state index contributed by atoms with van der Waals surface area (Å²) in [5.41, 5.74) is 4.88. The van der Waals surface area contributed by atoms with Gasteiger partial charge in [0.1, 0.15) is 24.2 Å². The molecular weight excluding hydrogens is 254 g/mol. The Bertz CT molecular complexity index is 416. The van der Waals surface area contributed by atoms with Crippen LogP contribution in [0.3, 0.4) is 0 Å². The van der Waals surface area contributed by atoms with Crippen LogP contribution in [0.2, 0.25) is 0 Å². The van der Waals surface area contributed by atoms with Crippen LogP contribution in [0.15, 0.2) is 24.3 Å². The summed E-state index contributed by atoms with van der Waals surface area (Å²) < 4.78 is 11.4. The smallest absolute Gasteiger partial charge is 0.123 e. The summed E-state index contributed by atoms with van der Waals surface area (Å²) in [5, 5.41) is 10.4. The van der Waals surface area contributed by atoms with Crippen molar-refractivity contribution in [3.8, 4) is 11.5 Å². The van der Waals surface area contributed by atoms with E-state index in [-0.39, 0.29) is 6.10 Å². The van der Waals surface area contributed by atoms with Crippen molar-refractivity contribution in [2.24, 2.45) is 5.73 Å². The van der Waals surface area contributed by atoms with Crippen molar-refractivity contribution >= 4 is 0 Å². The van der Waals surface area contributed by atoms with E-state index >= 15 is 0 Å². The average molecular weight is 279 g/mol. The Labute approximate surface area is 120 Å². The molecule has 1 aliphatic carbocycles. The summed E-state index contributed by atoms with van der Waals surface area (Å²) in [6.45, 7) is 2.76. The van der Waals surface area contributed by atoms with Crippen LogP contribution in [0.25, 0.3) is 0 Å². The zero-order valence-corrected chi connectivity index (χ0v) is 12.2. The molecule has 1 saturated carbocycles. The van der Waals surface area contributed by atoms with E-state index < -0.39 is 5.60 Å². The SMILES string of the molecule is C[C@@H](CN)Oc1cccc(OCC2(O)CCCCC2)c1. The highest BCUT2D eigenvalue weighted by molar-refractivity contribution is 5.33. The summed E-state index contributed by atoms with van der Waals surface area (Å²) in [6, 6.07) is 7.50. The van der Waals surface area contributed by atoms with E-state index in [1.165, 1.54) is 6.42 Å². The normalized spacial score (nSPS) is 19.4. The maximum Gasteiger partial charge on any atom is 0.123 e. The van der Waals surface area contributed by atoms with Crippen molar-refractivity contribution in [2.45, 2.75) is 50.7 Å². The van der Waals surface area contributed by atoms with Gasteiger partial charge in [-0.25, -0.2) is 0 Å². The van der Waals surface area contributed by atoms with E-state index in [0.717, 1.165) is 37.2 Å². The first-order valence-corrected chi connectivity index (χ1v) is 7.43. The van der Waals surface area contributed by atoms with Crippen LogP contribution >= 0.6 is 0 Å². The second-order valence-electron chi connectivity index (χ2n) is 5.71. The number of hydrogen-bond donors (Lipinski definition) is 2. The quantitative estimate of drug-likeness (QED) is 0.839. The van der Waals surface area contributed by atoms with Crippen LogP contribution < -0.4 is 15.2 Å². The van der Waals surface area contributed by atoms with E-state index in [4.69, 9.17) is 15.2 Å². The van der Waals surface area contributed by atoms with Crippen molar-refractivity contribution in [3.05, 3.63) is 24.3 Å². The molecule has 112 valence electrons. The first-order chi connectivity index (χ1) is 9.61. The monoisotopic (exact) mass is 279 g/mol. The number of nitrogens with two attached hydrogens (primary N) is 1. The summed E-state index contributed by atoms with van der Waals surface area (Å²) in [6.07, 6.45) is 5.00. The second kappa shape index (κ2) is 6.95. The molecular formula is C16H25NO3. The zero-order valence-electron chi connectivity index (χ0n) is 12.2. The largest absolute Gasteiger partial charge is 0.490 e. The molecule has 0 saturated heterocycles. The van der Waals surface area contributed by atoms with E-state index in [1.54, 1.807) is 0 Å². The van der Waals surface area contributed by atoms with Crippen molar-refractivity contribution < 1.29 is 14.6 Å². The van der Waals surface area contributed by atoms with Gasteiger partial charge in [-0.05, 0) is 31.9 Å². The van der Waals surface area contributed by atoms with Gasteiger partial charge >= 0.3 is 0 Å². The van der Waals surface area contributed by atoms with Gasteiger partial charge in [0.05, 0.1) is 5.60 Å². The van der Waals surface area contributed by atoms with Crippen LogP contribution in [-0.4, -0.2) is 30.0 Å². The molecule has 20 heavy (non-hydrogen) atoms. The molecule has 2 rings (SSSR count). The van der Waals surface area contributed by atoms with Crippen LogP contribution in [0.5, 0.6) is 11.5 Å². The molecule has 0 spiro atoms. The fourth-order valence-electron chi connectivity index (χ4n) is 2.49. The van der Waals surface area contributed by atoms with Gasteiger partial charge in [0, 0.05) is 12.6 Å². The van der Waals surface area contributed by atoms with Gasteiger partial charge in [0.2, 0.25) is 0 Å². The highest BCUT2D eigenvalue weighted by atomic mass is 16.5. The molecule has 1 aliphatic rings. The average Bonchev–Trinajstić information content (AvgIpc) is 2.46. The standard InChI is InChI=1S/C16H25NO3/c1-13(11-17)20-15-7-5-6-14(10-15)19-12-16(18)8-3-2-4-9-16/h5-7,10,13,18H,2-4,8-9,11-12,17H2,1H3/t13-/m0/s1. The lowest BCUT2D eigenvalue weighted by atomic mass is 9.85. The predicted octanol–water partition coefficient (Wildman–Crippen LogP) is 2.49. The summed E-state index contributed by atoms with van der Waals surface area (Å²) in [7, 11) is 0. The first kappa shape index (κ1) is 15.1. The Morgan fingerprint density at radius 1 is 1.25 bits per heavy atom. The van der Waals surface area contributed by atoms with Gasteiger partial charge in [0.25, 0.3) is 0 Å². The predicted molar refractivity (Wildman–Crippen MR) is 79.1 cm³/mol. The molecule has 4 heteroatoms. The first-order valence-electron chi connectivity index (χ1n) is 7.43. The third kappa shape index (κ3) is 4.39. The minimum atomic E-state index is -0.667. The number of ether oxygens (including phenoxy) is 2. The fraction of sp³-hybridized carbons (Fsp3) is 0.625. The van der Waals surface area contributed by atoms with Gasteiger partial charge in [-0.2, -0.15) is 0 Å². The van der Waals surface area contributed by atoms with Crippen LogP contribution in [0, 0.1) is 0 Å². The molecule has 1 fully saturated rings. The second-order valence-corrected chi connectivity index (χ2v) is 5.71. The number of rotatable bonds is 6. The van der Waals surface area contributed by atoms with Crippen LogP contribution in [0.4, 0.5) is 0 Å². The third-order valence-electron chi connectivity index (χ3n) is 3.77. The lowest BCUT2D eigenvalue weighted by Gasteiger charge is -2.31. The molecule has 0 amide bonds. The molecule has 0 bridgehead atoms. The highest BCUT2D eigenvalue weighted by Crippen LogP contribution is 2.29. The van der Waals surface area contributed by atoms with Gasteiger partial charge < -0.3 is 20.3 Å². The minimum Gasteiger partial charge on any atom is -0.490 e. The topological polar surface area (TPSA) is 64.7 Å². The molecule has 0 aliphatic heterocycles. The maximum absolute atomic E-state index is 10.4. The Balaban J connectivity index is 1.90. The number of hydrogen-bond acceptors (Lipinski definition) is 4. The Morgan fingerprint density at radius 2 is 1.95 bits per heavy atom. The molecule has 3 N–H and O–H groups in total. The van der Waals surface area contributed by atoms with Gasteiger partial charge in [0.15, 0.2) is 0 Å². The van der Waals surface area contributed by atoms with Crippen molar-refractivity contribution in [1.29, 1.82) is 0 Å². The van der Waals surface area contributed by atoms with E-state index in [9.17, 15) is 5.11 Å². The maximum atomic E-state index is 10.4. The molecule has 0 heterocycles.